The minimum absolute atomic E-state index is 0.231. The van der Waals surface area contributed by atoms with Gasteiger partial charge in [-0.3, -0.25) is 14.4 Å². The van der Waals surface area contributed by atoms with Gasteiger partial charge in [-0.1, -0.05) is 0 Å². The second kappa shape index (κ2) is 7.28. The summed E-state index contributed by atoms with van der Waals surface area (Å²) in [6.07, 6.45) is 4.88. The molecule has 0 saturated heterocycles. The summed E-state index contributed by atoms with van der Waals surface area (Å²) < 4.78 is 1.95. The van der Waals surface area contributed by atoms with E-state index in [1.165, 1.54) is 5.56 Å². The lowest BCUT2D eigenvalue weighted by Crippen LogP contribution is -2.31. The van der Waals surface area contributed by atoms with E-state index in [0.717, 1.165) is 13.1 Å². The maximum absolute atomic E-state index is 10.6. The Kier molecular flexibility index (Phi) is 6.02. The molecule has 1 rings (SSSR count). The largest absolute Gasteiger partial charge is 0.481 e. The van der Waals surface area contributed by atoms with Crippen molar-refractivity contribution >= 4 is 5.97 Å². The zero-order valence-electron chi connectivity index (χ0n) is 12.3. The highest BCUT2D eigenvalue weighted by molar-refractivity contribution is 5.66. The van der Waals surface area contributed by atoms with Gasteiger partial charge in [-0.25, -0.2) is 0 Å². The van der Waals surface area contributed by atoms with Crippen LogP contribution in [0.4, 0.5) is 0 Å². The van der Waals surface area contributed by atoms with Crippen LogP contribution >= 0.6 is 0 Å². The van der Waals surface area contributed by atoms with Crippen molar-refractivity contribution in [3.63, 3.8) is 0 Å². The van der Waals surface area contributed by atoms with Crippen molar-refractivity contribution in [1.82, 2.24) is 14.7 Å². The van der Waals surface area contributed by atoms with Gasteiger partial charge in [-0.2, -0.15) is 5.10 Å². The molecule has 1 aromatic rings. The molecular weight excluding hydrogens is 242 g/mol. The maximum atomic E-state index is 10.6. The van der Waals surface area contributed by atoms with Crippen LogP contribution in [-0.4, -0.2) is 38.3 Å². The molecule has 1 aromatic heterocycles. The molecular formula is C14H25N3O2. The fraction of sp³-hybridized carbons (Fsp3) is 0.714. The fourth-order valence-corrected chi connectivity index (χ4v) is 1.93. The molecule has 0 aliphatic heterocycles. The Morgan fingerprint density at radius 1 is 1.42 bits per heavy atom. The Hall–Kier alpha value is -1.36. The van der Waals surface area contributed by atoms with Gasteiger partial charge in [0.25, 0.3) is 0 Å². The number of carboxylic acid groups (broad SMARTS) is 1. The molecule has 5 nitrogen and oxygen atoms in total. The normalized spacial score (nSPS) is 11.7. The number of carboxylic acids is 1. The van der Waals surface area contributed by atoms with Crippen molar-refractivity contribution in [2.45, 2.75) is 59.2 Å². The number of rotatable bonds is 8. The molecule has 0 bridgehead atoms. The molecule has 0 fully saturated rings. The first-order valence-corrected chi connectivity index (χ1v) is 6.89. The van der Waals surface area contributed by atoms with Gasteiger partial charge in [-0.15, -0.1) is 0 Å². The van der Waals surface area contributed by atoms with E-state index in [-0.39, 0.29) is 6.42 Å². The van der Waals surface area contributed by atoms with Crippen molar-refractivity contribution in [2.75, 3.05) is 6.54 Å². The van der Waals surface area contributed by atoms with Crippen LogP contribution < -0.4 is 0 Å². The molecule has 5 heteroatoms. The van der Waals surface area contributed by atoms with Crippen LogP contribution in [0.3, 0.4) is 0 Å². The van der Waals surface area contributed by atoms with E-state index < -0.39 is 5.97 Å². The number of aromatic nitrogens is 2. The van der Waals surface area contributed by atoms with E-state index in [4.69, 9.17) is 5.11 Å². The van der Waals surface area contributed by atoms with Crippen LogP contribution in [0.2, 0.25) is 0 Å². The summed E-state index contributed by atoms with van der Waals surface area (Å²) in [5.74, 6) is -0.726. The summed E-state index contributed by atoms with van der Waals surface area (Å²) in [6.45, 7) is 10.1. The SMILES string of the molecule is CC(C)N(CCCC(=O)O)Cc1cnn(C(C)C)c1. The molecule has 0 atom stereocenters. The average molecular weight is 267 g/mol. The van der Waals surface area contributed by atoms with Gasteiger partial charge in [0.2, 0.25) is 0 Å². The molecule has 0 aliphatic carbocycles. The van der Waals surface area contributed by atoms with Gasteiger partial charge < -0.3 is 5.11 Å². The van der Waals surface area contributed by atoms with Crippen LogP contribution in [0.15, 0.2) is 12.4 Å². The van der Waals surface area contributed by atoms with Crippen LogP contribution in [0.25, 0.3) is 0 Å². The van der Waals surface area contributed by atoms with Crippen molar-refractivity contribution in [3.8, 4) is 0 Å². The number of carbonyl (C=O) groups is 1. The molecule has 1 N–H and O–H groups in total. The van der Waals surface area contributed by atoms with E-state index in [9.17, 15) is 4.79 Å². The van der Waals surface area contributed by atoms with Gasteiger partial charge in [0.05, 0.1) is 6.20 Å². The van der Waals surface area contributed by atoms with Crippen LogP contribution in [0.5, 0.6) is 0 Å². The highest BCUT2D eigenvalue weighted by Crippen LogP contribution is 2.11. The summed E-state index contributed by atoms with van der Waals surface area (Å²) in [7, 11) is 0. The Labute approximate surface area is 115 Å². The lowest BCUT2D eigenvalue weighted by atomic mass is 10.2. The van der Waals surface area contributed by atoms with E-state index in [1.807, 2.05) is 10.9 Å². The van der Waals surface area contributed by atoms with Gasteiger partial charge in [0.1, 0.15) is 0 Å². The molecule has 0 unspecified atom stereocenters. The zero-order valence-corrected chi connectivity index (χ0v) is 12.3. The number of nitrogens with zero attached hydrogens (tertiary/aromatic N) is 3. The molecule has 0 spiro atoms. The third-order valence-electron chi connectivity index (χ3n) is 3.14. The Morgan fingerprint density at radius 2 is 2.11 bits per heavy atom. The second-order valence-corrected chi connectivity index (χ2v) is 5.48. The highest BCUT2D eigenvalue weighted by atomic mass is 16.4. The summed E-state index contributed by atoms with van der Waals surface area (Å²) in [6, 6.07) is 0.768. The first-order chi connectivity index (χ1) is 8.90. The average Bonchev–Trinajstić information content (AvgIpc) is 2.75. The van der Waals surface area contributed by atoms with E-state index >= 15 is 0 Å². The van der Waals surface area contributed by atoms with E-state index in [2.05, 4.69) is 43.9 Å². The molecule has 0 amide bonds. The smallest absolute Gasteiger partial charge is 0.303 e. The number of hydrogen-bond donors (Lipinski definition) is 1. The predicted molar refractivity (Wildman–Crippen MR) is 75.0 cm³/mol. The maximum Gasteiger partial charge on any atom is 0.303 e. The van der Waals surface area contributed by atoms with Crippen LogP contribution in [0.1, 0.15) is 52.1 Å². The van der Waals surface area contributed by atoms with Gasteiger partial charge in [0, 0.05) is 36.8 Å². The predicted octanol–water partition coefficient (Wildman–Crippen LogP) is 2.54. The standard InChI is InChI=1S/C14H25N3O2/c1-11(2)16(7-5-6-14(18)19)9-13-8-15-17(10-13)12(3)4/h8,10-12H,5-7,9H2,1-4H3,(H,18,19). The minimum atomic E-state index is -0.726. The number of aliphatic carboxylic acids is 1. The summed E-state index contributed by atoms with van der Waals surface area (Å²) in [4.78, 5) is 12.8. The van der Waals surface area contributed by atoms with Crippen molar-refractivity contribution in [3.05, 3.63) is 18.0 Å². The third-order valence-corrected chi connectivity index (χ3v) is 3.14. The Bertz CT molecular complexity index is 399. The Balaban J connectivity index is 2.54. The Morgan fingerprint density at radius 3 is 2.58 bits per heavy atom. The first kappa shape index (κ1) is 15.7. The quantitative estimate of drug-likeness (QED) is 0.786. The number of hydrogen-bond acceptors (Lipinski definition) is 3. The summed E-state index contributed by atoms with van der Waals surface area (Å²) in [5.41, 5.74) is 1.18. The molecule has 19 heavy (non-hydrogen) atoms. The van der Waals surface area contributed by atoms with Crippen LogP contribution in [-0.2, 0) is 11.3 Å². The van der Waals surface area contributed by atoms with Crippen molar-refractivity contribution in [1.29, 1.82) is 0 Å². The second-order valence-electron chi connectivity index (χ2n) is 5.48. The van der Waals surface area contributed by atoms with Crippen LogP contribution in [0, 0.1) is 0 Å². The molecule has 1 heterocycles. The lowest BCUT2D eigenvalue weighted by molar-refractivity contribution is -0.137. The zero-order chi connectivity index (χ0) is 14.4. The van der Waals surface area contributed by atoms with Gasteiger partial charge >= 0.3 is 5.97 Å². The molecule has 0 radical (unpaired) electrons. The molecule has 0 aliphatic rings. The summed E-state index contributed by atoms with van der Waals surface area (Å²) in [5, 5.41) is 13.0. The van der Waals surface area contributed by atoms with Crippen molar-refractivity contribution < 1.29 is 9.90 Å². The first-order valence-electron chi connectivity index (χ1n) is 6.89. The van der Waals surface area contributed by atoms with E-state index in [0.29, 0.717) is 18.5 Å². The molecule has 0 saturated carbocycles. The minimum Gasteiger partial charge on any atom is -0.481 e. The topological polar surface area (TPSA) is 58.4 Å². The molecule has 108 valence electrons. The van der Waals surface area contributed by atoms with Crippen molar-refractivity contribution in [2.24, 2.45) is 0 Å². The summed E-state index contributed by atoms with van der Waals surface area (Å²) >= 11 is 0. The lowest BCUT2D eigenvalue weighted by Gasteiger charge is -2.25. The third kappa shape index (κ3) is 5.42. The van der Waals surface area contributed by atoms with Gasteiger partial charge in [-0.05, 0) is 40.7 Å². The van der Waals surface area contributed by atoms with E-state index in [1.54, 1.807) is 0 Å². The fourth-order valence-electron chi connectivity index (χ4n) is 1.93. The molecule has 0 aromatic carbocycles. The van der Waals surface area contributed by atoms with Gasteiger partial charge in [0.15, 0.2) is 0 Å². The highest BCUT2D eigenvalue weighted by Gasteiger charge is 2.12. The monoisotopic (exact) mass is 267 g/mol.